The zero-order valence-electron chi connectivity index (χ0n) is 11.7. The van der Waals surface area contributed by atoms with Crippen molar-refractivity contribution in [2.45, 2.75) is 38.6 Å². The number of nitrogens with zero attached hydrogens (tertiary/aromatic N) is 1. The molecule has 20 heavy (non-hydrogen) atoms. The van der Waals surface area contributed by atoms with Gasteiger partial charge in [-0.05, 0) is 24.5 Å². The first-order valence-corrected chi connectivity index (χ1v) is 8.19. The van der Waals surface area contributed by atoms with E-state index >= 15 is 0 Å². The highest BCUT2D eigenvalue weighted by molar-refractivity contribution is 9.10. The third kappa shape index (κ3) is 4.00. The highest BCUT2D eigenvalue weighted by Gasteiger charge is 2.30. The standard InChI is InChI=1S/C12H17BrN2O4S/c1-8(12(2,3)4)14-20(18,19)11-7-9(13)5-6-10(11)15(16)17/h5-8,14H,1-4H3. The van der Waals surface area contributed by atoms with Crippen molar-refractivity contribution < 1.29 is 13.3 Å². The lowest BCUT2D eigenvalue weighted by Crippen LogP contribution is -2.41. The predicted octanol–water partition coefficient (Wildman–Crippen LogP) is 3.07. The van der Waals surface area contributed by atoms with Crippen molar-refractivity contribution in [3.05, 3.63) is 32.8 Å². The van der Waals surface area contributed by atoms with Gasteiger partial charge in [0.15, 0.2) is 4.90 Å². The van der Waals surface area contributed by atoms with E-state index in [4.69, 9.17) is 0 Å². The number of nitro groups is 1. The lowest BCUT2D eigenvalue weighted by molar-refractivity contribution is -0.387. The summed E-state index contributed by atoms with van der Waals surface area (Å²) < 4.78 is 27.6. The van der Waals surface area contributed by atoms with E-state index in [0.29, 0.717) is 4.47 Å². The van der Waals surface area contributed by atoms with Gasteiger partial charge in [-0.1, -0.05) is 36.7 Å². The highest BCUT2D eigenvalue weighted by atomic mass is 79.9. The molecule has 1 rings (SSSR count). The monoisotopic (exact) mass is 364 g/mol. The van der Waals surface area contributed by atoms with Crippen LogP contribution in [0.4, 0.5) is 5.69 Å². The first kappa shape index (κ1) is 17.1. The maximum atomic E-state index is 12.3. The minimum atomic E-state index is -3.96. The molecule has 0 amide bonds. The molecule has 8 heteroatoms. The molecule has 0 spiro atoms. The number of hydrogen-bond donors (Lipinski definition) is 1. The van der Waals surface area contributed by atoms with Crippen LogP contribution in [-0.4, -0.2) is 19.4 Å². The van der Waals surface area contributed by atoms with E-state index in [2.05, 4.69) is 20.7 Å². The van der Waals surface area contributed by atoms with Crippen LogP contribution in [0.5, 0.6) is 0 Å². The molecule has 0 saturated carbocycles. The van der Waals surface area contributed by atoms with Crippen molar-refractivity contribution in [1.29, 1.82) is 0 Å². The van der Waals surface area contributed by atoms with Crippen molar-refractivity contribution in [3.8, 4) is 0 Å². The molecule has 1 aromatic rings. The van der Waals surface area contributed by atoms with Crippen LogP contribution < -0.4 is 4.72 Å². The summed E-state index contributed by atoms with van der Waals surface area (Å²) in [5, 5.41) is 11.0. The second-order valence-corrected chi connectivity index (χ2v) is 8.18. The van der Waals surface area contributed by atoms with E-state index in [-0.39, 0.29) is 16.4 Å². The lowest BCUT2D eigenvalue weighted by Gasteiger charge is -2.27. The highest BCUT2D eigenvalue weighted by Crippen LogP contribution is 2.28. The van der Waals surface area contributed by atoms with Gasteiger partial charge in [-0.25, -0.2) is 13.1 Å². The molecule has 6 nitrogen and oxygen atoms in total. The summed E-state index contributed by atoms with van der Waals surface area (Å²) in [5.74, 6) is 0. The molecule has 0 aliphatic carbocycles. The van der Waals surface area contributed by atoms with Crippen LogP contribution in [0.25, 0.3) is 0 Å². The van der Waals surface area contributed by atoms with Gasteiger partial charge in [-0.3, -0.25) is 10.1 Å². The maximum Gasteiger partial charge on any atom is 0.289 e. The van der Waals surface area contributed by atoms with Crippen LogP contribution in [-0.2, 0) is 10.0 Å². The molecule has 0 fully saturated rings. The maximum absolute atomic E-state index is 12.3. The molecule has 0 heterocycles. The van der Waals surface area contributed by atoms with Gasteiger partial charge in [0.2, 0.25) is 10.0 Å². The van der Waals surface area contributed by atoms with Crippen LogP contribution >= 0.6 is 15.9 Å². The average molecular weight is 365 g/mol. The summed E-state index contributed by atoms with van der Waals surface area (Å²) in [6.07, 6.45) is 0. The normalized spacial score (nSPS) is 14.1. The lowest BCUT2D eigenvalue weighted by atomic mass is 9.89. The fraction of sp³-hybridized carbons (Fsp3) is 0.500. The Morgan fingerprint density at radius 3 is 2.35 bits per heavy atom. The zero-order valence-corrected chi connectivity index (χ0v) is 14.1. The summed E-state index contributed by atoms with van der Waals surface area (Å²) in [6, 6.07) is 3.46. The smallest absolute Gasteiger partial charge is 0.258 e. The van der Waals surface area contributed by atoms with Crippen molar-refractivity contribution in [2.75, 3.05) is 0 Å². The Balaban J connectivity index is 3.29. The van der Waals surface area contributed by atoms with Gasteiger partial charge < -0.3 is 0 Å². The number of benzene rings is 1. The van der Waals surface area contributed by atoms with Crippen LogP contribution in [0.3, 0.4) is 0 Å². The van der Waals surface area contributed by atoms with Crippen molar-refractivity contribution in [3.63, 3.8) is 0 Å². The van der Waals surface area contributed by atoms with E-state index in [1.54, 1.807) is 6.92 Å². The number of rotatable bonds is 4. The fourth-order valence-corrected chi connectivity index (χ4v) is 3.49. The number of nitrogens with one attached hydrogen (secondary N) is 1. The topological polar surface area (TPSA) is 89.3 Å². The second-order valence-electron chi connectivity index (χ2n) is 5.58. The average Bonchev–Trinajstić information content (AvgIpc) is 2.26. The Bertz CT molecular complexity index is 623. The van der Waals surface area contributed by atoms with Crippen LogP contribution in [0.2, 0.25) is 0 Å². The van der Waals surface area contributed by atoms with E-state index in [1.165, 1.54) is 18.2 Å². The Hall–Kier alpha value is -0.990. The number of hydrogen-bond acceptors (Lipinski definition) is 4. The molecule has 112 valence electrons. The van der Waals surface area contributed by atoms with Crippen LogP contribution in [0, 0.1) is 15.5 Å². The number of nitro benzene ring substituents is 1. The third-order valence-electron chi connectivity index (χ3n) is 3.04. The summed E-state index contributed by atoms with van der Waals surface area (Å²) in [5.41, 5.74) is -0.741. The Kier molecular flexibility index (Phi) is 4.94. The molecule has 0 bridgehead atoms. The molecular weight excluding hydrogens is 348 g/mol. The Morgan fingerprint density at radius 1 is 1.35 bits per heavy atom. The summed E-state index contributed by atoms with van der Waals surface area (Å²) in [6.45, 7) is 7.38. The largest absolute Gasteiger partial charge is 0.289 e. The molecule has 1 atom stereocenters. The van der Waals surface area contributed by atoms with E-state index in [1.807, 2.05) is 20.8 Å². The molecule has 0 radical (unpaired) electrons. The molecule has 0 aliphatic heterocycles. The summed E-state index contributed by atoms with van der Waals surface area (Å²) >= 11 is 3.13. The third-order valence-corrected chi connectivity index (χ3v) is 5.10. The summed E-state index contributed by atoms with van der Waals surface area (Å²) in [7, 11) is -3.96. The second kappa shape index (κ2) is 5.79. The molecule has 0 aliphatic rings. The number of sulfonamides is 1. The van der Waals surface area contributed by atoms with E-state index in [9.17, 15) is 18.5 Å². The van der Waals surface area contributed by atoms with Crippen molar-refractivity contribution in [2.24, 2.45) is 5.41 Å². The first-order valence-electron chi connectivity index (χ1n) is 5.91. The molecule has 1 aromatic carbocycles. The Labute approximate surface area is 126 Å². The first-order chi connectivity index (χ1) is 8.95. The van der Waals surface area contributed by atoms with Gasteiger partial charge in [0.25, 0.3) is 5.69 Å². The number of halogens is 1. The van der Waals surface area contributed by atoms with Gasteiger partial charge in [0.05, 0.1) is 4.92 Å². The molecule has 1 unspecified atom stereocenters. The van der Waals surface area contributed by atoms with Gasteiger partial charge in [-0.2, -0.15) is 0 Å². The van der Waals surface area contributed by atoms with Crippen LogP contribution in [0.1, 0.15) is 27.7 Å². The van der Waals surface area contributed by atoms with E-state index in [0.717, 1.165) is 0 Å². The van der Waals surface area contributed by atoms with E-state index < -0.39 is 20.6 Å². The minimum absolute atomic E-state index is 0.298. The predicted molar refractivity (Wildman–Crippen MR) is 80.0 cm³/mol. The van der Waals surface area contributed by atoms with Crippen molar-refractivity contribution in [1.82, 2.24) is 4.72 Å². The Morgan fingerprint density at radius 2 is 1.90 bits per heavy atom. The molecule has 0 aromatic heterocycles. The van der Waals surface area contributed by atoms with Crippen LogP contribution in [0.15, 0.2) is 27.6 Å². The molecule has 0 saturated heterocycles. The van der Waals surface area contributed by atoms with Gasteiger partial charge in [-0.15, -0.1) is 0 Å². The zero-order chi connectivity index (χ0) is 15.7. The van der Waals surface area contributed by atoms with Gasteiger partial charge in [0, 0.05) is 16.6 Å². The molecular formula is C12H17BrN2O4S. The summed E-state index contributed by atoms with van der Waals surface area (Å²) in [4.78, 5) is 9.92. The fourth-order valence-electron chi connectivity index (χ4n) is 1.33. The van der Waals surface area contributed by atoms with Gasteiger partial charge in [0.1, 0.15) is 0 Å². The SMILES string of the molecule is CC(NS(=O)(=O)c1cc(Br)ccc1[N+](=O)[O-])C(C)(C)C. The molecule has 1 N–H and O–H groups in total. The minimum Gasteiger partial charge on any atom is -0.258 e. The van der Waals surface area contributed by atoms with Gasteiger partial charge >= 0.3 is 0 Å². The quantitative estimate of drug-likeness (QED) is 0.656. The van der Waals surface area contributed by atoms with Crippen molar-refractivity contribution >= 4 is 31.6 Å².